The summed E-state index contributed by atoms with van der Waals surface area (Å²) in [6.07, 6.45) is 2.16. The molecule has 1 aromatic rings. The van der Waals surface area contributed by atoms with Crippen molar-refractivity contribution in [2.24, 2.45) is 0 Å². The summed E-state index contributed by atoms with van der Waals surface area (Å²) in [5.41, 5.74) is 1.84. The molecule has 1 atom stereocenters. The van der Waals surface area contributed by atoms with Gasteiger partial charge in [-0.3, -0.25) is 0 Å². The maximum atomic E-state index is 12.1. The van der Waals surface area contributed by atoms with Gasteiger partial charge < -0.3 is 15.3 Å². The van der Waals surface area contributed by atoms with Crippen molar-refractivity contribution in [3.63, 3.8) is 0 Å². The number of hydrogen-bond acceptors (Lipinski definition) is 2. The fourth-order valence-corrected chi connectivity index (χ4v) is 2.33. The van der Waals surface area contributed by atoms with Gasteiger partial charge in [0.15, 0.2) is 0 Å². The highest BCUT2D eigenvalue weighted by Crippen LogP contribution is 2.19. The van der Waals surface area contributed by atoms with E-state index in [1.54, 1.807) is 0 Å². The molecule has 2 N–H and O–H groups in total. The van der Waals surface area contributed by atoms with Gasteiger partial charge in [0.05, 0.1) is 0 Å². The lowest BCUT2D eigenvalue weighted by Crippen LogP contribution is -2.42. The van der Waals surface area contributed by atoms with E-state index in [0.717, 1.165) is 18.4 Å². The molecule has 1 aliphatic heterocycles. The van der Waals surface area contributed by atoms with E-state index in [4.69, 9.17) is 5.11 Å². The molecule has 1 aliphatic rings. The number of benzene rings is 1. The summed E-state index contributed by atoms with van der Waals surface area (Å²) in [7, 11) is 0. The van der Waals surface area contributed by atoms with Gasteiger partial charge in [-0.25, -0.2) is 9.59 Å². The fraction of sp³-hybridized carbons (Fsp3) is 0.429. The Labute approximate surface area is 112 Å². The zero-order chi connectivity index (χ0) is 13.8. The molecule has 1 saturated heterocycles. The summed E-state index contributed by atoms with van der Waals surface area (Å²) < 4.78 is 0. The van der Waals surface area contributed by atoms with Crippen molar-refractivity contribution < 1.29 is 14.7 Å². The van der Waals surface area contributed by atoms with Crippen LogP contribution in [-0.2, 0) is 11.2 Å². The van der Waals surface area contributed by atoms with Crippen molar-refractivity contribution in [2.45, 2.75) is 32.2 Å². The average molecular weight is 262 g/mol. The molecule has 1 aromatic carbocycles. The molecule has 102 valence electrons. The number of carbonyl (C=O) groups excluding carboxylic acids is 1. The second kappa shape index (κ2) is 5.73. The number of hydrogen-bond donors (Lipinski definition) is 2. The summed E-state index contributed by atoms with van der Waals surface area (Å²) >= 11 is 0. The number of rotatable bonds is 3. The Morgan fingerprint density at radius 3 is 2.95 bits per heavy atom. The lowest BCUT2D eigenvalue weighted by atomic mass is 10.1. The molecule has 19 heavy (non-hydrogen) atoms. The van der Waals surface area contributed by atoms with Gasteiger partial charge in [-0.05, 0) is 37.0 Å². The molecule has 0 saturated carbocycles. The molecular weight excluding hydrogens is 244 g/mol. The van der Waals surface area contributed by atoms with Crippen LogP contribution in [-0.4, -0.2) is 34.6 Å². The van der Waals surface area contributed by atoms with Gasteiger partial charge in [0.25, 0.3) is 0 Å². The molecule has 5 heteroatoms. The average Bonchev–Trinajstić information content (AvgIpc) is 2.88. The van der Waals surface area contributed by atoms with E-state index < -0.39 is 12.0 Å². The number of anilines is 1. The van der Waals surface area contributed by atoms with Crippen LogP contribution in [0.2, 0.25) is 0 Å². The Hall–Kier alpha value is -2.04. The zero-order valence-corrected chi connectivity index (χ0v) is 10.9. The first-order valence-electron chi connectivity index (χ1n) is 6.51. The Kier molecular flexibility index (Phi) is 4.04. The number of carboxylic acids is 1. The van der Waals surface area contributed by atoms with Crippen molar-refractivity contribution in [1.29, 1.82) is 0 Å². The Morgan fingerprint density at radius 1 is 1.47 bits per heavy atom. The molecule has 2 amide bonds. The van der Waals surface area contributed by atoms with Crippen molar-refractivity contribution in [1.82, 2.24) is 4.90 Å². The molecule has 2 rings (SSSR count). The quantitative estimate of drug-likeness (QED) is 0.878. The lowest BCUT2D eigenvalue weighted by molar-refractivity contribution is -0.141. The first-order valence-corrected chi connectivity index (χ1v) is 6.51. The van der Waals surface area contributed by atoms with Crippen LogP contribution in [0, 0.1) is 0 Å². The number of nitrogens with one attached hydrogen (secondary N) is 1. The lowest BCUT2D eigenvalue weighted by Gasteiger charge is -2.21. The van der Waals surface area contributed by atoms with E-state index in [9.17, 15) is 9.59 Å². The SMILES string of the molecule is CCc1cccc(NC(=O)N2CCC[C@@H]2C(=O)O)c1. The Morgan fingerprint density at radius 2 is 2.26 bits per heavy atom. The number of carboxylic acid groups (broad SMARTS) is 1. The maximum absolute atomic E-state index is 12.1. The van der Waals surface area contributed by atoms with Crippen LogP contribution in [0.4, 0.5) is 10.5 Å². The topological polar surface area (TPSA) is 69.6 Å². The van der Waals surface area contributed by atoms with Crippen LogP contribution in [0.5, 0.6) is 0 Å². The molecular formula is C14H18N2O3. The summed E-state index contributed by atoms with van der Waals surface area (Å²) in [4.78, 5) is 24.5. The highest BCUT2D eigenvalue weighted by molar-refractivity contribution is 5.92. The number of likely N-dealkylation sites (tertiary alicyclic amines) is 1. The van der Waals surface area contributed by atoms with Crippen LogP contribution < -0.4 is 5.32 Å². The number of aliphatic carboxylic acids is 1. The second-order valence-corrected chi connectivity index (χ2v) is 4.67. The third kappa shape index (κ3) is 3.05. The molecule has 0 aromatic heterocycles. The molecule has 0 bridgehead atoms. The monoisotopic (exact) mass is 262 g/mol. The third-order valence-corrected chi connectivity index (χ3v) is 3.39. The van der Waals surface area contributed by atoms with Gasteiger partial charge in [0, 0.05) is 12.2 Å². The first kappa shape index (κ1) is 13.4. The van der Waals surface area contributed by atoms with Crippen LogP contribution >= 0.6 is 0 Å². The predicted molar refractivity (Wildman–Crippen MR) is 72.2 cm³/mol. The highest BCUT2D eigenvalue weighted by atomic mass is 16.4. The molecule has 0 spiro atoms. The summed E-state index contributed by atoms with van der Waals surface area (Å²) in [5, 5.41) is 11.8. The molecule has 0 radical (unpaired) electrons. The van der Waals surface area contributed by atoms with E-state index in [2.05, 4.69) is 5.32 Å². The van der Waals surface area contributed by atoms with E-state index >= 15 is 0 Å². The summed E-state index contributed by atoms with van der Waals surface area (Å²) in [5.74, 6) is -0.935. The van der Waals surface area contributed by atoms with Crippen molar-refractivity contribution in [3.05, 3.63) is 29.8 Å². The van der Waals surface area contributed by atoms with E-state index in [0.29, 0.717) is 18.7 Å². The van der Waals surface area contributed by atoms with Gasteiger partial charge in [0.2, 0.25) is 0 Å². The maximum Gasteiger partial charge on any atom is 0.326 e. The highest BCUT2D eigenvalue weighted by Gasteiger charge is 2.33. The minimum absolute atomic E-state index is 0.335. The van der Waals surface area contributed by atoms with Gasteiger partial charge in [-0.15, -0.1) is 0 Å². The minimum atomic E-state index is -0.935. The van der Waals surface area contributed by atoms with Crippen LogP contribution in [0.3, 0.4) is 0 Å². The molecule has 1 fully saturated rings. The largest absolute Gasteiger partial charge is 0.480 e. The van der Waals surface area contributed by atoms with Crippen LogP contribution in [0.1, 0.15) is 25.3 Å². The van der Waals surface area contributed by atoms with Crippen molar-refractivity contribution >= 4 is 17.7 Å². The minimum Gasteiger partial charge on any atom is -0.480 e. The normalized spacial score (nSPS) is 18.4. The smallest absolute Gasteiger partial charge is 0.326 e. The second-order valence-electron chi connectivity index (χ2n) is 4.67. The van der Waals surface area contributed by atoms with Crippen molar-refractivity contribution in [3.8, 4) is 0 Å². The number of nitrogens with zero attached hydrogens (tertiary/aromatic N) is 1. The molecule has 0 unspecified atom stereocenters. The predicted octanol–water partition coefficient (Wildman–Crippen LogP) is 2.33. The van der Waals surface area contributed by atoms with Gasteiger partial charge in [-0.2, -0.15) is 0 Å². The number of carbonyl (C=O) groups is 2. The number of amides is 2. The summed E-state index contributed by atoms with van der Waals surface area (Å²) in [6.45, 7) is 2.54. The van der Waals surface area contributed by atoms with Gasteiger partial charge >= 0.3 is 12.0 Å². The Bertz CT molecular complexity index is 487. The first-order chi connectivity index (χ1) is 9.11. The molecule has 5 nitrogen and oxygen atoms in total. The summed E-state index contributed by atoms with van der Waals surface area (Å²) in [6, 6.07) is 6.55. The Balaban J connectivity index is 2.06. The fourth-order valence-electron chi connectivity index (χ4n) is 2.33. The molecule has 0 aliphatic carbocycles. The third-order valence-electron chi connectivity index (χ3n) is 3.39. The van der Waals surface area contributed by atoms with Gasteiger partial charge in [-0.1, -0.05) is 19.1 Å². The van der Waals surface area contributed by atoms with E-state index in [1.165, 1.54) is 4.90 Å². The standard InChI is InChI=1S/C14H18N2O3/c1-2-10-5-3-6-11(9-10)15-14(19)16-8-4-7-12(16)13(17)18/h3,5-6,9,12H,2,4,7-8H2,1H3,(H,15,19)(H,17,18)/t12-/m1/s1. The van der Waals surface area contributed by atoms with E-state index in [1.807, 2.05) is 31.2 Å². The van der Waals surface area contributed by atoms with Crippen molar-refractivity contribution in [2.75, 3.05) is 11.9 Å². The molecule has 1 heterocycles. The zero-order valence-electron chi connectivity index (χ0n) is 10.9. The van der Waals surface area contributed by atoms with Gasteiger partial charge in [0.1, 0.15) is 6.04 Å². The number of aryl methyl sites for hydroxylation is 1. The van der Waals surface area contributed by atoms with Crippen LogP contribution in [0.15, 0.2) is 24.3 Å². The number of urea groups is 1. The van der Waals surface area contributed by atoms with Crippen LogP contribution in [0.25, 0.3) is 0 Å². The van der Waals surface area contributed by atoms with E-state index in [-0.39, 0.29) is 6.03 Å².